The minimum absolute atomic E-state index is 0.0402. The van der Waals surface area contributed by atoms with Gasteiger partial charge >= 0.3 is 12.3 Å². The third-order valence-electron chi connectivity index (χ3n) is 5.60. The van der Waals surface area contributed by atoms with E-state index in [1.165, 1.54) is 11.1 Å². The quantitative estimate of drug-likeness (QED) is 0.593. The van der Waals surface area contributed by atoms with Crippen LogP contribution in [0, 0.1) is 6.92 Å². The second-order valence-electron chi connectivity index (χ2n) is 8.38. The molecule has 186 valence electrons. The number of ether oxygens (including phenoxy) is 3. The normalized spacial score (nSPS) is 22.8. The second kappa shape index (κ2) is 10.4. The van der Waals surface area contributed by atoms with E-state index < -0.39 is 28.7 Å². The smallest absolute Gasteiger partial charge is 0.422 e. The molecule has 1 aromatic heterocycles. The van der Waals surface area contributed by atoms with Crippen molar-refractivity contribution in [2.75, 3.05) is 26.0 Å². The fraction of sp³-hybridized carbons (Fsp3) is 0.750. The Labute approximate surface area is 190 Å². The standard InChI is InChI=1S/C20H28F3N3O6S/c1-13-18(24-11-17(25-13)33(2,28)29)32-15-5-3-14(4-6-15)31-16-7-9-26(10-8-16)19(27)30-12-20(21,22)23/h11,14-16H,3-10,12H2,1-2H3. The van der Waals surface area contributed by atoms with Gasteiger partial charge in [-0.2, -0.15) is 13.2 Å². The monoisotopic (exact) mass is 495 g/mol. The summed E-state index contributed by atoms with van der Waals surface area (Å²) in [6.45, 7) is 0.653. The van der Waals surface area contributed by atoms with Crippen LogP contribution in [-0.2, 0) is 19.3 Å². The topological polar surface area (TPSA) is 108 Å². The molecular formula is C20H28F3N3O6S. The minimum atomic E-state index is -4.54. The highest BCUT2D eigenvalue weighted by Gasteiger charge is 2.33. The molecule has 0 radical (unpaired) electrons. The fourth-order valence-corrected chi connectivity index (χ4v) is 4.42. The first-order valence-electron chi connectivity index (χ1n) is 10.7. The number of aryl methyl sites for hydroxylation is 1. The van der Waals surface area contributed by atoms with Gasteiger partial charge in [0.05, 0.1) is 18.4 Å². The molecule has 9 nitrogen and oxygen atoms in total. The molecule has 0 aromatic carbocycles. The Morgan fingerprint density at radius 3 is 2.21 bits per heavy atom. The van der Waals surface area contributed by atoms with Gasteiger partial charge in [0.25, 0.3) is 0 Å². The molecule has 1 saturated heterocycles. The maximum Gasteiger partial charge on any atom is 0.422 e. The largest absolute Gasteiger partial charge is 0.473 e. The second-order valence-corrected chi connectivity index (χ2v) is 10.3. The molecule has 13 heteroatoms. The van der Waals surface area contributed by atoms with Crippen LogP contribution in [0.1, 0.15) is 44.2 Å². The highest BCUT2D eigenvalue weighted by molar-refractivity contribution is 7.90. The molecule has 0 bridgehead atoms. The average Bonchev–Trinajstić information content (AvgIpc) is 2.74. The number of nitrogens with zero attached hydrogens (tertiary/aromatic N) is 3. The van der Waals surface area contributed by atoms with Gasteiger partial charge in [0.2, 0.25) is 5.88 Å². The lowest BCUT2D eigenvalue weighted by atomic mass is 9.94. The van der Waals surface area contributed by atoms with Crippen molar-refractivity contribution in [3.05, 3.63) is 11.9 Å². The Bertz CT molecular complexity index is 927. The van der Waals surface area contributed by atoms with Gasteiger partial charge in [0.1, 0.15) is 11.8 Å². The van der Waals surface area contributed by atoms with Crippen LogP contribution in [-0.4, -0.2) is 79.8 Å². The summed E-state index contributed by atoms with van der Waals surface area (Å²) >= 11 is 0. The summed E-state index contributed by atoms with van der Waals surface area (Å²) in [6.07, 6.45) is 0.776. The molecule has 1 aliphatic carbocycles. The molecule has 33 heavy (non-hydrogen) atoms. The molecule has 1 aromatic rings. The minimum Gasteiger partial charge on any atom is -0.473 e. The van der Waals surface area contributed by atoms with Crippen LogP contribution >= 0.6 is 0 Å². The van der Waals surface area contributed by atoms with Crippen molar-refractivity contribution in [1.29, 1.82) is 0 Å². The Morgan fingerprint density at radius 2 is 1.67 bits per heavy atom. The zero-order valence-electron chi connectivity index (χ0n) is 18.5. The number of carbonyl (C=O) groups is 1. The van der Waals surface area contributed by atoms with E-state index >= 15 is 0 Å². The summed E-state index contributed by atoms with van der Waals surface area (Å²) in [7, 11) is -3.43. The summed E-state index contributed by atoms with van der Waals surface area (Å²) in [5.74, 6) is 0.316. The number of alkyl halides is 3. The van der Waals surface area contributed by atoms with E-state index in [4.69, 9.17) is 9.47 Å². The van der Waals surface area contributed by atoms with Crippen LogP contribution in [0.5, 0.6) is 5.88 Å². The molecule has 0 N–H and O–H groups in total. The molecule has 2 heterocycles. The van der Waals surface area contributed by atoms with Crippen molar-refractivity contribution in [3.63, 3.8) is 0 Å². The molecule has 2 aliphatic rings. The highest BCUT2D eigenvalue weighted by Crippen LogP contribution is 2.28. The van der Waals surface area contributed by atoms with Crippen LogP contribution in [0.3, 0.4) is 0 Å². The Morgan fingerprint density at radius 1 is 1.09 bits per heavy atom. The molecule has 0 spiro atoms. The highest BCUT2D eigenvalue weighted by atomic mass is 32.2. The summed E-state index contributed by atoms with van der Waals surface area (Å²) < 4.78 is 76.0. The van der Waals surface area contributed by atoms with E-state index in [2.05, 4.69) is 14.7 Å². The SMILES string of the molecule is Cc1nc(S(C)(=O)=O)cnc1OC1CCC(OC2CCN(C(=O)OCC(F)(F)F)CC2)CC1. The number of sulfone groups is 1. The van der Waals surface area contributed by atoms with Crippen molar-refractivity contribution < 1.29 is 40.6 Å². The Balaban J connectivity index is 1.39. The molecule has 1 aliphatic heterocycles. The van der Waals surface area contributed by atoms with E-state index in [1.54, 1.807) is 6.92 Å². The molecule has 1 amide bonds. The van der Waals surface area contributed by atoms with Gasteiger partial charge < -0.3 is 19.1 Å². The number of likely N-dealkylation sites (tertiary alicyclic amines) is 1. The van der Waals surface area contributed by atoms with E-state index in [1.807, 2.05) is 0 Å². The fourth-order valence-electron chi connectivity index (χ4n) is 3.87. The van der Waals surface area contributed by atoms with Crippen molar-refractivity contribution in [3.8, 4) is 5.88 Å². The summed E-state index contributed by atoms with van der Waals surface area (Å²) in [5, 5.41) is -0.0934. The first kappa shape index (κ1) is 25.5. The van der Waals surface area contributed by atoms with Crippen LogP contribution in [0.25, 0.3) is 0 Å². The lowest BCUT2D eigenvalue weighted by Gasteiger charge is -2.35. The number of amides is 1. The number of hydrogen-bond donors (Lipinski definition) is 0. The molecule has 0 atom stereocenters. The number of hydrogen-bond acceptors (Lipinski definition) is 8. The van der Waals surface area contributed by atoms with Gasteiger partial charge in [0.15, 0.2) is 21.5 Å². The zero-order chi connectivity index (χ0) is 24.2. The molecule has 3 rings (SSSR count). The number of carbonyl (C=O) groups excluding carboxylic acids is 1. The number of rotatable bonds is 6. The zero-order valence-corrected chi connectivity index (χ0v) is 19.3. The van der Waals surface area contributed by atoms with Gasteiger partial charge in [-0.3, -0.25) is 0 Å². The van der Waals surface area contributed by atoms with E-state index in [0.29, 0.717) is 37.5 Å². The number of piperidine rings is 1. The van der Waals surface area contributed by atoms with Crippen molar-refractivity contribution in [2.24, 2.45) is 0 Å². The van der Waals surface area contributed by atoms with Crippen LogP contribution in [0.4, 0.5) is 18.0 Å². The Hall–Kier alpha value is -2.15. The van der Waals surface area contributed by atoms with E-state index in [0.717, 1.165) is 31.9 Å². The Kier molecular flexibility index (Phi) is 8.04. The molecule has 1 saturated carbocycles. The van der Waals surface area contributed by atoms with Crippen LogP contribution in [0.15, 0.2) is 11.2 Å². The van der Waals surface area contributed by atoms with E-state index in [-0.39, 0.29) is 23.3 Å². The third kappa shape index (κ3) is 7.70. The molecule has 2 fully saturated rings. The predicted octanol–water partition coefficient (Wildman–Crippen LogP) is 3.06. The summed E-state index contributed by atoms with van der Waals surface area (Å²) in [6, 6.07) is 0. The average molecular weight is 496 g/mol. The third-order valence-corrected chi connectivity index (χ3v) is 6.56. The van der Waals surface area contributed by atoms with Gasteiger partial charge in [-0.05, 0) is 45.4 Å². The van der Waals surface area contributed by atoms with Crippen LogP contribution in [0.2, 0.25) is 0 Å². The lowest BCUT2D eigenvalue weighted by molar-refractivity contribution is -0.163. The first-order chi connectivity index (χ1) is 15.4. The summed E-state index contributed by atoms with van der Waals surface area (Å²) in [4.78, 5) is 21.2. The van der Waals surface area contributed by atoms with Crippen LogP contribution < -0.4 is 4.74 Å². The first-order valence-corrected chi connectivity index (χ1v) is 12.6. The maximum atomic E-state index is 12.2. The van der Waals surface area contributed by atoms with E-state index in [9.17, 15) is 26.4 Å². The van der Waals surface area contributed by atoms with Crippen molar-refractivity contribution in [2.45, 2.75) is 75.0 Å². The molecular weight excluding hydrogens is 467 g/mol. The number of aromatic nitrogens is 2. The predicted molar refractivity (Wildman–Crippen MR) is 110 cm³/mol. The molecule has 0 unspecified atom stereocenters. The van der Waals surface area contributed by atoms with Gasteiger partial charge in [-0.15, -0.1) is 0 Å². The maximum absolute atomic E-state index is 12.2. The summed E-state index contributed by atoms with van der Waals surface area (Å²) in [5.41, 5.74) is 0.414. The van der Waals surface area contributed by atoms with Crippen molar-refractivity contribution >= 4 is 15.9 Å². The lowest BCUT2D eigenvalue weighted by Crippen LogP contribution is -2.43. The van der Waals surface area contributed by atoms with Gasteiger partial charge in [-0.25, -0.2) is 23.2 Å². The van der Waals surface area contributed by atoms with Gasteiger partial charge in [-0.1, -0.05) is 0 Å². The van der Waals surface area contributed by atoms with Crippen molar-refractivity contribution in [1.82, 2.24) is 14.9 Å². The van der Waals surface area contributed by atoms with Gasteiger partial charge in [0, 0.05) is 19.3 Å². The number of halogens is 3.